The van der Waals surface area contributed by atoms with E-state index in [9.17, 15) is 20.0 Å². The molecule has 0 fully saturated rings. The first-order valence-corrected chi connectivity index (χ1v) is 12.2. The number of nitrogens with one attached hydrogen (secondary N) is 3. The van der Waals surface area contributed by atoms with Gasteiger partial charge in [0, 0.05) is 41.9 Å². The van der Waals surface area contributed by atoms with E-state index in [2.05, 4.69) is 19.9 Å². The maximum absolute atomic E-state index is 13.9. The number of para-hydroxylation sites is 1. The van der Waals surface area contributed by atoms with Crippen LogP contribution < -0.4 is 10.4 Å². The smallest absolute Gasteiger partial charge is 0.293 e. The molecule has 1 aliphatic heterocycles. The van der Waals surface area contributed by atoms with Crippen LogP contribution in [-0.2, 0) is 6.54 Å². The predicted molar refractivity (Wildman–Crippen MR) is 143 cm³/mol. The summed E-state index contributed by atoms with van der Waals surface area (Å²) in [7, 11) is 0. The van der Waals surface area contributed by atoms with E-state index in [4.69, 9.17) is 5.41 Å². The molecule has 1 aliphatic rings. The summed E-state index contributed by atoms with van der Waals surface area (Å²) < 4.78 is 1.85. The third-order valence-electron chi connectivity index (χ3n) is 7.32. The summed E-state index contributed by atoms with van der Waals surface area (Å²) in [6, 6.07) is 15.4. The fourth-order valence-electron chi connectivity index (χ4n) is 5.62. The molecule has 192 valence electrons. The number of carbonyl (C=O) groups excluding carboxylic acids is 1. The van der Waals surface area contributed by atoms with Crippen LogP contribution in [0.5, 0.6) is 5.75 Å². The summed E-state index contributed by atoms with van der Waals surface area (Å²) >= 11 is 0. The molecule has 1 atom stereocenters. The molecule has 4 heterocycles. The SMILES string of the molecule is N=c1ncn(C[C@@H]2CN(C(=O)c3cc4cccc([N+](=O)[O-])c4[nH]3)c3cc(O)c4ccccc4c32)c2nc[nH]c12. The second kappa shape index (κ2) is 8.25. The molecule has 0 aliphatic carbocycles. The number of aromatic nitrogens is 5. The van der Waals surface area contributed by atoms with Crippen molar-refractivity contribution in [3.8, 4) is 5.75 Å². The molecular weight excluding hydrogens is 500 g/mol. The zero-order valence-corrected chi connectivity index (χ0v) is 20.3. The van der Waals surface area contributed by atoms with Crippen LogP contribution in [-0.4, -0.2) is 47.0 Å². The number of fused-ring (bicyclic) bond motifs is 5. The van der Waals surface area contributed by atoms with Gasteiger partial charge in [-0.3, -0.25) is 20.3 Å². The quantitative estimate of drug-likeness (QED) is 0.203. The van der Waals surface area contributed by atoms with E-state index < -0.39 is 4.92 Å². The summed E-state index contributed by atoms with van der Waals surface area (Å²) in [5, 5.41) is 32.5. The highest BCUT2D eigenvalue weighted by Gasteiger charge is 2.36. The lowest BCUT2D eigenvalue weighted by Gasteiger charge is -2.18. The number of aromatic amines is 2. The highest BCUT2D eigenvalue weighted by atomic mass is 16.6. The largest absolute Gasteiger partial charge is 0.507 e. The van der Waals surface area contributed by atoms with Crippen LogP contribution in [0.4, 0.5) is 11.4 Å². The van der Waals surface area contributed by atoms with Crippen molar-refractivity contribution < 1.29 is 14.8 Å². The molecule has 0 spiro atoms. The van der Waals surface area contributed by atoms with Crippen LogP contribution in [0, 0.1) is 15.5 Å². The van der Waals surface area contributed by atoms with E-state index in [1.165, 1.54) is 12.4 Å². The average Bonchev–Trinajstić information content (AvgIpc) is 3.67. The van der Waals surface area contributed by atoms with E-state index in [1.807, 2.05) is 28.8 Å². The molecule has 4 N–H and O–H groups in total. The number of rotatable bonds is 4. The number of nitrogens with zero attached hydrogens (tertiary/aromatic N) is 5. The minimum absolute atomic E-state index is 0.0534. The molecule has 0 saturated carbocycles. The number of carbonyl (C=O) groups is 1. The van der Waals surface area contributed by atoms with Crippen LogP contribution in [0.3, 0.4) is 0 Å². The molecule has 0 bridgehead atoms. The fourth-order valence-corrected chi connectivity index (χ4v) is 5.62. The van der Waals surface area contributed by atoms with Crippen LogP contribution >= 0.6 is 0 Å². The van der Waals surface area contributed by atoms with Gasteiger partial charge in [0.2, 0.25) is 0 Å². The summed E-state index contributed by atoms with van der Waals surface area (Å²) in [6.45, 7) is 0.707. The van der Waals surface area contributed by atoms with Gasteiger partial charge in [0.1, 0.15) is 22.5 Å². The Morgan fingerprint density at radius 1 is 1.13 bits per heavy atom. The topological polar surface area (TPSA) is 170 Å². The lowest BCUT2D eigenvalue weighted by Crippen LogP contribution is -2.31. The Bertz CT molecular complexity index is 2040. The van der Waals surface area contributed by atoms with E-state index in [1.54, 1.807) is 35.5 Å². The number of phenols is 1. The number of nitro groups is 1. The molecule has 6 aromatic rings. The maximum Gasteiger partial charge on any atom is 0.293 e. The van der Waals surface area contributed by atoms with Crippen molar-refractivity contribution in [2.45, 2.75) is 12.5 Å². The molecule has 0 unspecified atom stereocenters. The normalized spacial score (nSPS) is 14.9. The van der Waals surface area contributed by atoms with Crippen molar-refractivity contribution >= 4 is 50.1 Å². The number of amides is 1. The molecule has 12 heteroatoms. The molecule has 7 rings (SSSR count). The first-order chi connectivity index (χ1) is 18.9. The van der Waals surface area contributed by atoms with Gasteiger partial charge in [-0.15, -0.1) is 0 Å². The Morgan fingerprint density at radius 2 is 1.95 bits per heavy atom. The van der Waals surface area contributed by atoms with Gasteiger partial charge in [-0.05, 0) is 17.0 Å². The Hall–Kier alpha value is -5.52. The lowest BCUT2D eigenvalue weighted by atomic mass is 9.94. The van der Waals surface area contributed by atoms with Gasteiger partial charge < -0.3 is 24.5 Å². The molecule has 1 amide bonds. The van der Waals surface area contributed by atoms with Gasteiger partial charge in [-0.2, -0.15) is 0 Å². The molecule has 0 saturated heterocycles. The Balaban J connectivity index is 1.36. The van der Waals surface area contributed by atoms with Crippen LogP contribution in [0.15, 0.2) is 67.3 Å². The van der Waals surface area contributed by atoms with Crippen molar-refractivity contribution in [3.63, 3.8) is 0 Å². The number of phenolic OH excluding ortho intramolecular Hbond substituents is 1. The summed E-state index contributed by atoms with van der Waals surface area (Å²) in [4.78, 5) is 41.0. The standard InChI is InChI=1S/C27H20N8O4/c28-25-24-26(30-12-29-24)33(13-31-25)10-15-11-34(20-9-21(36)16-5-1-2-6-17(16)22(15)20)27(37)18-8-14-4-3-7-19(35(38)39)23(14)32-18/h1-9,12-13,15,28,32,36H,10-11H2,(H,29,30)/t15-/m1/s1. The second-order valence-corrected chi connectivity index (χ2v) is 9.51. The number of non-ortho nitro benzene ring substituents is 1. The number of imidazole rings is 1. The molecule has 3 aromatic carbocycles. The minimum Gasteiger partial charge on any atom is -0.507 e. The van der Waals surface area contributed by atoms with E-state index in [0.717, 1.165) is 10.9 Å². The zero-order valence-electron chi connectivity index (χ0n) is 20.3. The third kappa shape index (κ3) is 3.38. The number of hydrogen-bond acceptors (Lipinski definition) is 7. The van der Waals surface area contributed by atoms with Gasteiger partial charge >= 0.3 is 0 Å². The van der Waals surface area contributed by atoms with Gasteiger partial charge in [-0.1, -0.05) is 36.4 Å². The van der Waals surface area contributed by atoms with E-state index in [0.29, 0.717) is 40.7 Å². The van der Waals surface area contributed by atoms with Crippen molar-refractivity contribution in [2.75, 3.05) is 11.4 Å². The highest BCUT2D eigenvalue weighted by molar-refractivity contribution is 6.11. The molecular formula is C27H20N8O4. The lowest BCUT2D eigenvalue weighted by molar-refractivity contribution is -0.383. The Morgan fingerprint density at radius 3 is 2.77 bits per heavy atom. The molecule has 12 nitrogen and oxygen atoms in total. The van der Waals surface area contributed by atoms with Gasteiger partial charge in [-0.25, -0.2) is 9.97 Å². The monoisotopic (exact) mass is 520 g/mol. The minimum atomic E-state index is -0.484. The van der Waals surface area contributed by atoms with Gasteiger partial charge in [0.25, 0.3) is 11.6 Å². The number of benzene rings is 3. The molecule has 39 heavy (non-hydrogen) atoms. The van der Waals surface area contributed by atoms with Crippen LogP contribution in [0.1, 0.15) is 22.0 Å². The van der Waals surface area contributed by atoms with Crippen LogP contribution in [0.25, 0.3) is 32.8 Å². The number of nitro benzene ring substituents is 1. The summed E-state index contributed by atoms with van der Waals surface area (Å²) in [5.41, 5.74) is 3.02. The highest BCUT2D eigenvalue weighted by Crippen LogP contribution is 2.46. The molecule has 3 aromatic heterocycles. The number of anilines is 1. The number of hydrogen-bond donors (Lipinski definition) is 4. The first-order valence-electron chi connectivity index (χ1n) is 12.2. The van der Waals surface area contributed by atoms with Crippen molar-refractivity contribution in [1.82, 2.24) is 24.5 Å². The van der Waals surface area contributed by atoms with Crippen molar-refractivity contribution in [1.29, 1.82) is 5.41 Å². The van der Waals surface area contributed by atoms with Gasteiger partial charge in [0.15, 0.2) is 11.1 Å². The molecule has 0 radical (unpaired) electrons. The third-order valence-corrected chi connectivity index (χ3v) is 7.32. The first kappa shape index (κ1) is 22.7. The Kier molecular flexibility index (Phi) is 4.79. The summed E-state index contributed by atoms with van der Waals surface area (Å²) in [6.07, 6.45) is 3.08. The summed E-state index contributed by atoms with van der Waals surface area (Å²) in [5.74, 6) is -0.512. The number of H-pyrrole nitrogens is 2. The van der Waals surface area contributed by atoms with E-state index in [-0.39, 0.29) is 40.0 Å². The van der Waals surface area contributed by atoms with Crippen LogP contribution in [0.2, 0.25) is 0 Å². The second-order valence-electron chi connectivity index (χ2n) is 9.51. The predicted octanol–water partition coefficient (Wildman–Crippen LogP) is 3.93. The fraction of sp³-hybridized carbons (Fsp3) is 0.111. The average molecular weight is 521 g/mol. The van der Waals surface area contributed by atoms with Crippen molar-refractivity contribution in [3.05, 3.63) is 94.1 Å². The number of aromatic hydroxyl groups is 1. The Labute approximate surface area is 218 Å². The van der Waals surface area contributed by atoms with Gasteiger partial charge in [0.05, 0.1) is 23.3 Å². The van der Waals surface area contributed by atoms with E-state index >= 15 is 0 Å². The van der Waals surface area contributed by atoms with Crippen molar-refractivity contribution in [2.24, 2.45) is 0 Å². The maximum atomic E-state index is 13.9. The zero-order chi connectivity index (χ0) is 26.8.